The van der Waals surface area contributed by atoms with Crippen LogP contribution in [0, 0.1) is 0 Å². The van der Waals surface area contributed by atoms with E-state index < -0.39 is 0 Å². The van der Waals surface area contributed by atoms with Gasteiger partial charge in [0.1, 0.15) is 0 Å². The first-order valence-corrected chi connectivity index (χ1v) is 3.73. The predicted molar refractivity (Wildman–Crippen MR) is 42.5 cm³/mol. The number of hydrogen-bond acceptors (Lipinski definition) is 2. The Morgan fingerprint density at radius 2 is 2.40 bits per heavy atom. The Labute approximate surface area is 67.4 Å². The van der Waals surface area contributed by atoms with Gasteiger partial charge in [-0.05, 0) is 15.9 Å². The molecule has 3 nitrogen and oxygen atoms in total. The summed E-state index contributed by atoms with van der Waals surface area (Å²) in [5.74, 6) is 0. The summed E-state index contributed by atoms with van der Waals surface area (Å²) in [6.45, 7) is -0.0313. The molecule has 0 aliphatic rings. The van der Waals surface area contributed by atoms with Crippen molar-refractivity contribution in [2.24, 2.45) is 5.73 Å². The summed E-state index contributed by atoms with van der Waals surface area (Å²) >= 11 is 3.29. The zero-order valence-electron chi connectivity index (χ0n) is 5.34. The Morgan fingerprint density at radius 1 is 1.70 bits per heavy atom. The van der Waals surface area contributed by atoms with Crippen molar-refractivity contribution in [2.45, 2.75) is 6.04 Å². The highest BCUT2D eigenvalue weighted by Gasteiger charge is 2.07. The maximum absolute atomic E-state index is 8.67. The third kappa shape index (κ3) is 1.39. The van der Waals surface area contributed by atoms with Gasteiger partial charge in [-0.1, -0.05) is 0 Å². The van der Waals surface area contributed by atoms with Crippen molar-refractivity contribution >= 4 is 15.9 Å². The Hall–Kier alpha value is -0.320. The van der Waals surface area contributed by atoms with E-state index in [-0.39, 0.29) is 12.6 Å². The van der Waals surface area contributed by atoms with Gasteiger partial charge < -0.3 is 15.8 Å². The van der Waals surface area contributed by atoms with Crippen LogP contribution in [-0.4, -0.2) is 16.7 Å². The molecule has 0 aliphatic carbocycles. The number of rotatable bonds is 2. The van der Waals surface area contributed by atoms with Gasteiger partial charge in [0.15, 0.2) is 0 Å². The largest absolute Gasteiger partial charge is 0.394 e. The first kappa shape index (κ1) is 7.78. The fraction of sp³-hybridized carbons (Fsp3) is 0.333. The second-order valence-corrected chi connectivity index (χ2v) is 2.90. The van der Waals surface area contributed by atoms with Crippen LogP contribution in [0.5, 0.6) is 0 Å². The lowest BCUT2D eigenvalue weighted by atomic mass is 10.2. The molecule has 0 saturated carbocycles. The molecule has 0 fully saturated rings. The third-order valence-electron chi connectivity index (χ3n) is 1.32. The van der Waals surface area contributed by atoms with Crippen molar-refractivity contribution in [1.82, 2.24) is 4.98 Å². The van der Waals surface area contributed by atoms with Crippen LogP contribution in [0.15, 0.2) is 16.9 Å². The number of H-pyrrole nitrogens is 1. The van der Waals surface area contributed by atoms with Crippen molar-refractivity contribution in [3.63, 3.8) is 0 Å². The van der Waals surface area contributed by atoms with Crippen molar-refractivity contribution in [1.29, 1.82) is 0 Å². The molecule has 1 heterocycles. The summed E-state index contributed by atoms with van der Waals surface area (Å²) in [4.78, 5) is 2.88. The van der Waals surface area contributed by atoms with Gasteiger partial charge in [-0.25, -0.2) is 0 Å². The molecular weight excluding hydrogens is 196 g/mol. The molecule has 4 N–H and O–H groups in total. The molecule has 4 heteroatoms. The molecule has 0 spiro atoms. The van der Waals surface area contributed by atoms with Crippen molar-refractivity contribution in [3.05, 3.63) is 22.4 Å². The fourth-order valence-electron chi connectivity index (χ4n) is 0.739. The lowest BCUT2D eigenvalue weighted by molar-refractivity contribution is 0.268. The lowest BCUT2D eigenvalue weighted by Gasteiger charge is -2.04. The zero-order valence-corrected chi connectivity index (χ0v) is 6.93. The number of nitrogens with two attached hydrogens (primary N) is 1. The van der Waals surface area contributed by atoms with Crippen LogP contribution < -0.4 is 5.73 Å². The topological polar surface area (TPSA) is 62.0 Å². The minimum atomic E-state index is -0.291. The quantitative estimate of drug-likeness (QED) is 0.667. The Bertz CT molecular complexity index is 211. The molecule has 56 valence electrons. The molecule has 1 aromatic rings. The molecule has 10 heavy (non-hydrogen) atoms. The summed E-state index contributed by atoms with van der Waals surface area (Å²) in [6, 6.07) is -0.291. The zero-order chi connectivity index (χ0) is 7.56. The van der Waals surface area contributed by atoms with Crippen molar-refractivity contribution in [3.8, 4) is 0 Å². The second-order valence-electron chi connectivity index (χ2n) is 2.05. The molecule has 1 unspecified atom stereocenters. The molecule has 0 aliphatic heterocycles. The minimum absolute atomic E-state index is 0.0313. The van der Waals surface area contributed by atoms with Crippen LogP contribution in [0.1, 0.15) is 11.6 Å². The first-order valence-electron chi connectivity index (χ1n) is 2.94. The maximum Gasteiger partial charge on any atom is 0.0625 e. The molecule has 0 aromatic carbocycles. The highest BCUT2D eigenvalue weighted by atomic mass is 79.9. The monoisotopic (exact) mass is 204 g/mol. The molecule has 1 atom stereocenters. The average Bonchev–Trinajstić information content (AvgIpc) is 2.34. The van der Waals surface area contributed by atoms with E-state index in [2.05, 4.69) is 20.9 Å². The van der Waals surface area contributed by atoms with Crippen LogP contribution in [0.3, 0.4) is 0 Å². The van der Waals surface area contributed by atoms with Crippen LogP contribution >= 0.6 is 15.9 Å². The van der Waals surface area contributed by atoms with Crippen LogP contribution in [0.4, 0.5) is 0 Å². The number of aromatic amines is 1. The molecule has 1 rings (SSSR count). The summed E-state index contributed by atoms with van der Waals surface area (Å²) < 4.78 is 0.911. The highest BCUT2D eigenvalue weighted by Crippen LogP contribution is 2.20. The summed E-state index contributed by atoms with van der Waals surface area (Å²) in [6.07, 6.45) is 3.55. The normalized spacial score (nSPS) is 13.5. The predicted octanol–water partition coefficient (Wildman–Crippen LogP) is 0.769. The van der Waals surface area contributed by atoms with E-state index in [0.717, 1.165) is 10.0 Å². The Kier molecular flexibility index (Phi) is 2.48. The average molecular weight is 205 g/mol. The number of hydrogen-bond donors (Lipinski definition) is 3. The van der Waals surface area contributed by atoms with Crippen molar-refractivity contribution in [2.75, 3.05) is 6.61 Å². The summed E-state index contributed by atoms with van der Waals surface area (Å²) in [5.41, 5.74) is 6.44. The van der Waals surface area contributed by atoms with Crippen LogP contribution in [0.2, 0.25) is 0 Å². The molecule has 0 bridgehead atoms. The fourth-order valence-corrected chi connectivity index (χ4v) is 1.28. The number of aromatic nitrogens is 1. The standard InChI is InChI=1S/C6H9BrN2O/c7-5-2-9-1-4(5)6(8)3-10/h1-2,6,9-10H,3,8H2. The Balaban J connectivity index is 2.82. The van der Waals surface area contributed by atoms with Crippen LogP contribution in [0.25, 0.3) is 0 Å². The lowest BCUT2D eigenvalue weighted by Crippen LogP contribution is -2.13. The second kappa shape index (κ2) is 3.18. The van der Waals surface area contributed by atoms with E-state index in [1.165, 1.54) is 0 Å². The van der Waals surface area contributed by atoms with E-state index in [4.69, 9.17) is 10.8 Å². The summed E-state index contributed by atoms with van der Waals surface area (Å²) in [7, 11) is 0. The number of aliphatic hydroxyl groups is 1. The van der Waals surface area contributed by atoms with Gasteiger partial charge in [0, 0.05) is 22.4 Å². The highest BCUT2D eigenvalue weighted by molar-refractivity contribution is 9.10. The van der Waals surface area contributed by atoms with E-state index in [0.29, 0.717) is 0 Å². The van der Waals surface area contributed by atoms with Gasteiger partial charge in [0.25, 0.3) is 0 Å². The molecular formula is C6H9BrN2O. The van der Waals surface area contributed by atoms with Crippen LogP contribution in [-0.2, 0) is 0 Å². The van der Waals surface area contributed by atoms with Gasteiger partial charge in [-0.3, -0.25) is 0 Å². The van der Waals surface area contributed by atoms with Gasteiger partial charge in [-0.2, -0.15) is 0 Å². The number of aliphatic hydroxyl groups excluding tert-OH is 1. The number of nitrogens with one attached hydrogen (secondary N) is 1. The third-order valence-corrected chi connectivity index (χ3v) is 2.01. The van der Waals surface area contributed by atoms with E-state index in [9.17, 15) is 0 Å². The molecule has 0 amide bonds. The summed E-state index contributed by atoms with van der Waals surface area (Å²) in [5, 5.41) is 8.67. The van der Waals surface area contributed by atoms with Gasteiger partial charge in [0.2, 0.25) is 0 Å². The van der Waals surface area contributed by atoms with E-state index in [1.54, 1.807) is 12.4 Å². The smallest absolute Gasteiger partial charge is 0.0625 e. The van der Waals surface area contributed by atoms with E-state index in [1.807, 2.05) is 0 Å². The van der Waals surface area contributed by atoms with Gasteiger partial charge >= 0.3 is 0 Å². The van der Waals surface area contributed by atoms with Gasteiger partial charge in [0.05, 0.1) is 12.6 Å². The molecule has 1 aromatic heterocycles. The van der Waals surface area contributed by atoms with E-state index >= 15 is 0 Å². The maximum atomic E-state index is 8.67. The SMILES string of the molecule is NC(CO)c1c[nH]cc1Br. The Morgan fingerprint density at radius 3 is 2.80 bits per heavy atom. The van der Waals surface area contributed by atoms with Gasteiger partial charge in [-0.15, -0.1) is 0 Å². The number of halogens is 1. The molecule has 0 radical (unpaired) electrons. The molecule has 0 saturated heterocycles. The minimum Gasteiger partial charge on any atom is -0.394 e. The van der Waals surface area contributed by atoms with Crippen molar-refractivity contribution < 1.29 is 5.11 Å². The first-order chi connectivity index (χ1) is 4.75.